The minimum Gasteiger partial charge on any atom is -0.359 e. The van der Waals surface area contributed by atoms with Crippen molar-refractivity contribution in [3.8, 4) is 0 Å². The summed E-state index contributed by atoms with van der Waals surface area (Å²) in [7, 11) is 0. The smallest absolute Gasteiger partial charge is 0.210 e. The van der Waals surface area contributed by atoms with E-state index in [9.17, 15) is 4.79 Å². The normalized spacial score (nSPS) is 10.3. The molecule has 0 fully saturated rings. The standard InChI is InChI=1S/C11H7Cl2NO/c12-8-4-1-3-7(10(8)13)11(15)9-5-2-6-14-9/h1-6,14H. The minimum absolute atomic E-state index is 0.160. The zero-order valence-electron chi connectivity index (χ0n) is 7.63. The molecule has 76 valence electrons. The number of rotatable bonds is 2. The van der Waals surface area contributed by atoms with Crippen molar-refractivity contribution in [3.05, 3.63) is 57.8 Å². The predicted octanol–water partition coefficient (Wildman–Crippen LogP) is 3.55. The van der Waals surface area contributed by atoms with Gasteiger partial charge in [0.05, 0.1) is 15.7 Å². The van der Waals surface area contributed by atoms with Crippen LogP contribution in [0.15, 0.2) is 36.5 Å². The molecular weight excluding hydrogens is 233 g/mol. The summed E-state index contributed by atoms with van der Waals surface area (Å²) in [5, 5.41) is 0.674. The Morgan fingerprint density at radius 1 is 1.13 bits per heavy atom. The molecule has 1 aromatic heterocycles. The fourth-order valence-corrected chi connectivity index (χ4v) is 1.68. The van der Waals surface area contributed by atoms with Crippen LogP contribution in [0.3, 0.4) is 0 Å². The molecule has 2 nitrogen and oxygen atoms in total. The van der Waals surface area contributed by atoms with Crippen molar-refractivity contribution < 1.29 is 4.79 Å². The van der Waals surface area contributed by atoms with E-state index in [2.05, 4.69) is 4.98 Å². The third-order valence-electron chi connectivity index (χ3n) is 2.04. The summed E-state index contributed by atoms with van der Waals surface area (Å²) < 4.78 is 0. The Hall–Kier alpha value is -1.25. The number of aromatic amines is 1. The van der Waals surface area contributed by atoms with Crippen LogP contribution < -0.4 is 0 Å². The lowest BCUT2D eigenvalue weighted by Crippen LogP contribution is -2.02. The van der Waals surface area contributed by atoms with Crippen LogP contribution in [0, 0.1) is 0 Å². The highest BCUT2D eigenvalue weighted by Crippen LogP contribution is 2.26. The van der Waals surface area contributed by atoms with Gasteiger partial charge in [-0.1, -0.05) is 29.3 Å². The molecule has 1 N–H and O–H groups in total. The molecule has 0 atom stereocenters. The average Bonchev–Trinajstić information content (AvgIpc) is 2.74. The highest BCUT2D eigenvalue weighted by molar-refractivity contribution is 6.44. The maximum atomic E-state index is 11.9. The van der Waals surface area contributed by atoms with Crippen molar-refractivity contribution in [3.63, 3.8) is 0 Å². The second-order valence-corrected chi connectivity index (χ2v) is 3.80. The number of nitrogens with one attached hydrogen (secondary N) is 1. The lowest BCUT2D eigenvalue weighted by atomic mass is 10.1. The van der Waals surface area contributed by atoms with E-state index >= 15 is 0 Å². The number of carbonyl (C=O) groups is 1. The molecule has 0 aliphatic rings. The van der Waals surface area contributed by atoms with Crippen molar-refractivity contribution >= 4 is 29.0 Å². The summed E-state index contributed by atoms with van der Waals surface area (Å²) in [6.45, 7) is 0. The Kier molecular flexibility index (Phi) is 2.80. The van der Waals surface area contributed by atoms with Crippen LogP contribution >= 0.6 is 23.2 Å². The van der Waals surface area contributed by atoms with Gasteiger partial charge in [0.25, 0.3) is 0 Å². The zero-order chi connectivity index (χ0) is 10.8. The third-order valence-corrected chi connectivity index (χ3v) is 2.86. The van der Waals surface area contributed by atoms with Gasteiger partial charge in [0.1, 0.15) is 0 Å². The highest BCUT2D eigenvalue weighted by atomic mass is 35.5. The Morgan fingerprint density at radius 2 is 1.93 bits per heavy atom. The van der Waals surface area contributed by atoms with Crippen molar-refractivity contribution in [2.75, 3.05) is 0 Å². The van der Waals surface area contributed by atoms with Crippen molar-refractivity contribution in [2.45, 2.75) is 0 Å². The quantitative estimate of drug-likeness (QED) is 0.800. The molecule has 0 saturated heterocycles. The van der Waals surface area contributed by atoms with Gasteiger partial charge in [-0.25, -0.2) is 0 Å². The largest absolute Gasteiger partial charge is 0.359 e. The Bertz CT molecular complexity index is 491. The van der Waals surface area contributed by atoms with E-state index in [1.807, 2.05) is 0 Å². The van der Waals surface area contributed by atoms with Gasteiger partial charge in [0.15, 0.2) is 0 Å². The Balaban J connectivity index is 2.47. The Morgan fingerprint density at radius 3 is 2.60 bits per heavy atom. The van der Waals surface area contributed by atoms with E-state index in [1.165, 1.54) is 0 Å². The number of hydrogen-bond acceptors (Lipinski definition) is 1. The summed E-state index contributed by atoms with van der Waals surface area (Å²) in [5.74, 6) is -0.160. The number of hydrogen-bond donors (Lipinski definition) is 1. The van der Waals surface area contributed by atoms with Crippen LogP contribution in [0.2, 0.25) is 10.0 Å². The third kappa shape index (κ3) is 1.91. The van der Waals surface area contributed by atoms with Crippen LogP contribution in [0.25, 0.3) is 0 Å². The van der Waals surface area contributed by atoms with Gasteiger partial charge in [-0.2, -0.15) is 0 Å². The SMILES string of the molecule is O=C(c1ccc[nH]1)c1cccc(Cl)c1Cl. The topological polar surface area (TPSA) is 32.9 Å². The summed E-state index contributed by atoms with van der Waals surface area (Å²) >= 11 is 11.8. The van der Waals surface area contributed by atoms with E-state index in [1.54, 1.807) is 36.5 Å². The van der Waals surface area contributed by atoms with Gasteiger partial charge in [0, 0.05) is 11.8 Å². The van der Waals surface area contributed by atoms with Crippen molar-refractivity contribution in [1.82, 2.24) is 4.98 Å². The lowest BCUT2D eigenvalue weighted by Gasteiger charge is -2.02. The van der Waals surface area contributed by atoms with Crippen LogP contribution in [0.1, 0.15) is 16.1 Å². The Labute approximate surface area is 96.8 Å². The maximum absolute atomic E-state index is 11.9. The zero-order valence-corrected chi connectivity index (χ0v) is 9.14. The van der Waals surface area contributed by atoms with Crippen LogP contribution in [-0.4, -0.2) is 10.8 Å². The molecule has 0 unspecified atom stereocenters. The van der Waals surface area contributed by atoms with E-state index in [-0.39, 0.29) is 5.78 Å². The predicted molar refractivity (Wildman–Crippen MR) is 60.7 cm³/mol. The van der Waals surface area contributed by atoms with Gasteiger partial charge in [-0.05, 0) is 24.3 Å². The number of aromatic nitrogens is 1. The first-order valence-electron chi connectivity index (χ1n) is 4.32. The van der Waals surface area contributed by atoms with Crippen LogP contribution in [0.5, 0.6) is 0 Å². The second kappa shape index (κ2) is 4.09. The van der Waals surface area contributed by atoms with Crippen LogP contribution in [0.4, 0.5) is 0 Å². The van der Waals surface area contributed by atoms with Gasteiger partial charge in [-0.15, -0.1) is 0 Å². The first kappa shape index (κ1) is 10.3. The fraction of sp³-hybridized carbons (Fsp3) is 0. The van der Waals surface area contributed by atoms with E-state index in [0.29, 0.717) is 21.3 Å². The number of H-pyrrole nitrogens is 1. The van der Waals surface area contributed by atoms with E-state index in [4.69, 9.17) is 23.2 Å². The molecule has 2 aromatic rings. The van der Waals surface area contributed by atoms with Gasteiger partial charge >= 0.3 is 0 Å². The number of ketones is 1. The van der Waals surface area contributed by atoms with Gasteiger partial charge < -0.3 is 4.98 Å². The highest BCUT2D eigenvalue weighted by Gasteiger charge is 2.14. The van der Waals surface area contributed by atoms with E-state index < -0.39 is 0 Å². The summed E-state index contributed by atoms with van der Waals surface area (Å²) in [4.78, 5) is 14.7. The first-order chi connectivity index (χ1) is 7.20. The minimum atomic E-state index is -0.160. The molecule has 0 radical (unpaired) electrons. The molecule has 1 heterocycles. The molecule has 15 heavy (non-hydrogen) atoms. The number of halogens is 2. The molecule has 0 aliphatic carbocycles. The lowest BCUT2D eigenvalue weighted by molar-refractivity contribution is 0.103. The molecule has 0 spiro atoms. The molecule has 4 heteroatoms. The summed E-state index contributed by atoms with van der Waals surface area (Å²) in [6.07, 6.45) is 1.69. The first-order valence-corrected chi connectivity index (χ1v) is 5.08. The number of carbonyl (C=O) groups excluding carboxylic acids is 1. The van der Waals surface area contributed by atoms with E-state index in [0.717, 1.165) is 0 Å². The molecule has 0 aliphatic heterocycles. The molecule has 0 bridgehead atoms. The van der Waals surface area contributed by atoms with Crippen molar-refractivity contribution in [2.24, 2.45) is 0 Å². The van der Waals surface area contributed by atoms with Crippen LogP contribution in [-0.2, 0) is 0 Å². The summed E-state index contributed by atoms with van der Waals surface area (Å²) in [5.41, 5.74) is 0.908. The van der Waals surface area contributed by atoms with Crippen molar-refractivity contribution in [1.29, 1.82) is 0 Å². The fourth-order valence-electron chi connectivity index (χ4n) is 1.30. The average molecular weight is 240 g/mol. The van der Waals surface area contributed by atoms with Gasteiger partial charge in [-0.3, -0.25) is 4.79 Å². The van der Waals surface area contributed by atoms with Gasteiger partial charge in [0.2, 0.25) is 5.78 Å². The monoisotopic (exact) mass is 239 g/mol. The summed E-state index contributed by atoms with van der Waals surface area (Å²) in [6, 6.07) is 8.45. The maximum Gasteiger partial charge on any atom is 0.210 e. The second-order valence-electron chi connectivity index (χ2n) is 3.01. The molecule has 0 amide bonds. The molecule has 2 rings (SSSR count). The number of benzene rings is 1. The molecule has 1 aromatic carbocycles. The molecule has 0 saturated carbocycles. The molecular formula is C11H7Cl2NO.